The summed E-state index contributed by atoms with van der Waals surface area (Å²) >= 11 is 0. The molecule has 5 N–H and O–H groups in total. The van der Waals surface area contributed by atoms with Crippen LogP contribution in [0.4, 0.5) is 11.4 Å². The number of carbonyl (C=O) groups is 1. The van der Waals surface area contributed by atoms with Crippen LogP contribution in [0.15, 0.2) is 43.2 Å². The van der Waals surface area contributed by atoms with E-state index in [0.717, 1.165) is 35.2 Å². The number of fused-ring (bicyclic) bond motifs is 1. The fourth-order valence-electron chi connectivity index (χ4n) is 3.79. The van der Waals surface area contributed by atoms with E-state index in [9.17, 15) is 9.90 Å². The van der Waals surface area contributed by atoms with Crippen molar-refractivity contribution in [2.45, 2.75) is 38.3 Å². The van der Waals surface area contributed by atoms with E-state index in [2.05, 4.69) is 27.6 Å². The Kier molecular flexibility index (Phi) is 7.72. The largest absolute Gasteiger partial charge is 0.506 e. The third kappa shape index (κ3) is 5.20. The number of aromatic nitrogens is 2. The van der Waals surface area contributed by atoms with Gasteiger partial charge >= 0.3 is 0 Å². The third-order valence-corrected chi connectivity index (χ3v) is 5.59. The maximum absolute atomic E-state index is 12.6. The minimum absolute atomic E-state index is 0.0463. The minimum Gasteiger partial charge on any atom is -0.506 e. The summed E-state index contributed by atoms with van der Waals surface area (Å²) in [6.45, 7) is 4.10. The summed E-state index contributed by atoms with van der Waals surface area (Å²) in [4.78, 5) is 12.6. The molecule has 1 fully saturated rings. The second-order valence-electron chi connectivity index (χ2n) is 7.66. The van der Waals surface area contributed by atoms with Crippen LogP contribution in [0.3, 0.4) is 0 Å². The van der Waals surface area contributed by atoms with Crippen molar-refractivity contribution in [3.05, 3.63) is 59.9 Å². The average Bonchev–Trinajstić information content (AvgIpc) is 3.46. The molecule has 0 saturated heterocycles. The maximum atomic E-state index is 12.6. The van der Waals surface area contributed by atoms with E-state index in [1.165, 1.54) is 12.8 Å². The topological polar surface area (TPSA) is 111 Å². The number of carbonyl (C=O) groups excluding carboxylic acids is 1. The number of rotatable bonds is 6. The van der Waals surface area contributed by atoms with Gasteiger partial charge in [-0.05, 0) is 36.6 Å². The lowest BCUT2D eigenvalue weighted by molar-refractivity contribution is 0.0952. The highest BCUT2D eigenvalue weighted by Gasteiger charge is 2.15. The third-order valence-electron chi connectivity index (χ3n) is 5.59. The minimum atomic E-state index is -0.220. The number of aliphatic hydroxyl groups is 1. The second kappa shape index (κ2) is 10.7. The van der Waals surface area contributed by atoms with Gasteiger partial charge < -0.3 is 26.2 Å². The van der Waals surface area contributed by atoms with Crippen LogP contribution < -0.4 is 16.0 Å². The first kappa shape index (κ1) is 23.1. The summed E-state index contributed by atoms with van der Waals surface area (Å²) in [5.74, 6) is -0.0814. The second-order valence-corrected chi connectivity index (χ2v) is 7.66. The zero-order valence-electron chi connectivity index (χ0n) is 18.6. The van der Waals surface area contributed by atoms with E-state index in [1.807, 2.05) is 19.2 Å². The fourth-order valence-corrected chi connectivity index (χ4v) is 3.79. The van der Waals surface area contributed by atoms with Gasteiger partial charge in [-0.25, -0.2) is 4.52 Å². The summed E-state index contributed by atoms with van der Waals surface area (Å²) in [6, 6.07) is 7.11. The smallest absolute Gasteiger partial charge is 0.255 e. The van der Waals surface area contributed by atoms with Gasteiger partial charge in [0.2, 0.25) is 0 Å². The van der Waals surface area contributed by atoms with Crippen LogP contribution >= 0.6 is 0 Å². The zero-order valence-corrected chi connectivity index (χ0v) is 18.6. The van der Waals surface area contributed by atoms with Crippen molar-refractivity contribution >= 4 is 28.9 Å². The van der Waals surface area contributed by atoms with E-state index in [4.69, 9.17) is 5.11 Å². The van der Waals surface area contributed by atoms with Crippen molar-refractivity contribution in [2.75, 3.05) is 24.7 Å². The van der Waals surface area contributed by atoms with Crippen molar-refractivity contribution in [3.8, 4) is 5.75 Å². The Balaban J connectivity index is 0.000000416. The summed E-state index contributed by atoms with van der Waals surface area (Å²) in [5, 5.41) is 31.8. The van der Waals surface area contributed by atoms with Crippen LogP contribution in [0.1, 0.15) is 47.2 Å². The van der Waals surface area contributed by atoms with Gasteiger partial charge in [-0.2, -0.15) is 5.10 Å². The molecule has 0 aliphatic heterocycles. The molecule has 170 valence electrons. The number of anilines is 2. The molecule has 32 heavy (non-hydrogen) atoms. The van der Waals surface area contributed by atoms with Crippen molar-refractivity contribution in [1.82, 2.24) is 14.9 Å². The Bertz CT molecular complexity index is 1090. The predicted octanol–water partition coefficient (Wildman–Crippen LogP) is 3.62. The van der Waals surface area contributed by atoms with E-state index in [-0.39, 0.29) is 17.8 Å². The van der Waals surface area contributed by atoms with E-state index >= 15 is 0 Å². The van der Waals surface area contributed by atoms with Gasteiger partial charge in [0.15, 0.2) is 0 Å². The number of pyridine rings is 1. The number of nitrogens with zero attached hydrogens (tertiary/aromatic N) is 2. The highest BCUT2D eigenvalue weighted by atomic mass is 16.3. The first-order chi connectivity index (χ1) is 15.5. The number of hydrogen-bond donors (Lipinski definition) is 5. The molecule has 1 aromatic carbocycles. The Morgan fingerprint density at radius 1 is 1.25 bits per heavy atom. The van der Waals surface area contributed by atoms with Gasteiger partial charge in [-0.1, -0.05) is 31.6 Å². The zero-order chi connectivity index (χ0) is 23.1. The van der Waals surface area contributed by atoms with Gasteiger partial charge in [0.05, 0.1) is 29.1 Å². The normalized spacial score (nSPS) is 13.3. The molecule has 2 heterocycles. The average molecular weight is 438 g/mol. The standard InChI is InChI=1S/C19H21N5O2.C5H10O/c1-4-14-12(5-6-17(25)18(14)21-3)10-22-19(26)15-11-23-24-8-7-13(20-2)9-16(15)24;6-5-3-1-2-4-5/h4-9,11,20-21,25H,1,10H2,2-3H3,(H,22,26);5-6H,1-4H2. The molecular weight excluding hydrogens is 406 g/mol. The van der Waals surface area contributed by atoms with Crippen LogP contribution in [0.2, 0.25) is 0 Å². The van der Waals surface area contributed by atoms with Crippen LogP contribution in [0.5, 0.6) is 5.75 Å². The summed E-state index contributed by atoms with van der Waals surface area (Å²) < 4.78 is 1.66. The molecule has 8 nitrogen and oxygen atoms in total. The fraction of sp³-hybridized carbons (Fsp3) is 0.333. The number of benzene rings is 1. The molecule has 0 spiro atoms. The molecule has 0 bridgehead atoms. The van der Waals surface area contributed by atoms with E-state index < -0.39 is 0 Å². The van der Waals surface area contributed by atoms with Gasteiger partial charge in [0, 0.05) is 38.1 Å². The van der Waals surface area contributed by atoms with Crippen LogP contribution in [-0.2, 0) is 6.54 Å². The first-order valence-electron chi connectivity index (χ1n) is 10.7. The number of amides is 1. The Morgan fingerprint density at radius 3 is 2.59 bits per heavy atom. The number of aliphatic hydroxyl groups excluding tert-OH is 1. The molecule has 2 aromatic heterocycles. The van der Waals surface area contributed by atoms with Gasteiger partial charge in [0.25, 0.3) is 5.91 Å². The number of aromatic hydroxyl groups is 1. The van der Waals surface area contributed by atoms with Crippen molar-refractivity contribution in [2.24, 2.45) is 0 Å². The maximum Gasteiger partial charge on any atom is 0.255 e. The predicted molar refractivity (Wildman–Crippen MR) is 128 cm³/mol. The molecule has 0 unspecified atom stereocenters. The molecule has 0 radical (unpaired) electrons. The Morgan fingerprint density at radius 2 is 2.00 bits per heavy atom. The first-order valence-corrected chi connectivity index (χ1v) is 10.7. The van der Waals surface area contributed by atoms with Crippen LogP contribution in [0.25, 0.3) is 11.6 Å². The summed E-state index contributed by atoms with van der Waals surface area (Å²) in [6.07, 6.45) is 9.61. The molecule has 1 aliphatic rings. The van der Waals surface area contributed by atoms with E-state index in [0.29, 0.717) is 17.8 Å². The lowest BCUT2D eigenvalue weighted by atomic mass is 10.0. The van der Waals surface area contributed by atoms with Crippen molar-refractivity contribution < 1.29 is 15.0 Å². The van der Waals surface area contributed by atoms with E-state index in [1.54, 1.807) is 42.2 Å². The van der Waals surface area contributed by atoms with Gasteiger partial charge in [0.1, 0.15) is 5.75 Å². The molecule has 1 amide bonds. The highest BCUT2D eigenvalue weighted by molar-refractivity contribution is 6.01. The number of phenolic OH excluding ortho intramolecular Hbond substituents is 1. The number of phenols is 1. The SMILES string of the molecule is C=Cc1c(CNC(=O)c2cnn3ccc(NC)cc23)ccc(O)c1NC.OC1CCCC1. The summed E-state index contributed by atoms with van der Waals surface area (Å²) in [7, 11) is 3.55. The quantitative estimate of drug-likeness (QED) is 0.377. The monoisotopic (exact) mass is 437 g/mol. The van der Waals surface area contributed by atoms with Crippen LogP contribution in [0, 0.1) is 0 Å². The molecule has 0 atom stereocenters. The molecular formula is C24H31N5O3. The van der Waals surface area contributed by atoms with Gasteiger partial charge in [-0.3, -0.25) is 4.79 Å². The molecule has 8 heteroatoms. The number of hydrogen-bond acceptors (Lipinski definition) is 6. The molecule has 1 saturated carbocycles. The van der Waals surface area contributed by atoms with Crippen molar-refractivity contribution in [1.29, 1.82) is 0 Å². The Labute approximate surface area is 188 Å². The molecule has 4 rings (SSSR count). The lowest BCUT2D eigenvalue weighted by Crippen LogP contribution is -2.23. The molecule has 1 aliphatic carbocycles. The van der Waals surface area contributed by atoms with Crippen molar-refractivity contribution in [3.63, 3.8) is 0 Å². The highest BCUT2D eigenvalue weighted by Crippen LogP contribution is 2.30. The van der Waals surface area contributed by atoms with Crippen LogP contribution in [-0.4, -0.2) is 45.9 Å². The number of nitrogens with one attached hydrogen (secondary N) is 3. The lowest BCUT2D eigenvalue weighted by Gasteiger charge is -2.14. The molecule has 3 aromatic rings. The van der Waals surface area contributed by atoms with Gasteiger partial charge in [-0.15, -0.1) is 0 Å². The Hall–Kier alpha value is -3.52. The summed E-state index contributed by atoms with van der Waals surface area (Å²) in [5.41, 5.74) is 4.31.